The zero-order valence-electron chi connectivity index (χ0n) is 11.8. The van der Waals surface area contributed by atoms with Gasteiger partial charge in [0.1, 0.15) is 0 Å². The van der Waals surface area contributed by atoms with Crippen LogP contribution < -0.4 is 5.32 Å². The van der Waals surface area contributed by atoms with Gasteiger partial charge in [-0.15, -0.1) is 0 Å². The molecule has 0 amide bonds. The molecule has 0 bridgehead atoms. The summed E-state index contributed by atoms with van der Waals surface area (Å²) in [6.45, 7) is 4.11. The Labute approximate surface area is 125 Å². The van der Waals surface area contributed by atoms with Crippen molar-refractivity contribution in [1.82, 2.24) is 19.4 Å². The maximum atomic E-state index is 12.9. The molecule has 1 aliphatic rings. The standard InChI is InChI=1S/C12H21ClN4O2S/c1-3-7-17(10-5-4-6-14-8-10)20(18,19)12-11(13)9-15-16(12)2/h9-10,14H,3-8H2,1-2H3. The van der Waals surface area contributed by atoms with Crippen molar-refractivity contribution in [2.24, 2.45) is 7.05 Å². The highest BCUT2D eigenvalue weighted by Crippen LogP contribution is 2.26. The molecule has 2 heterocycles. The second-order valence-electron chi connectivity index (χ2n) is 5.04. The molecule has 1 unspecified atom stereocenters. The van der Waals surface area contributed by atoms with Crippen LogP contribution in [0, 0.1) is 0 Å². The highest BCUT2D eigenvalue weighted by molar-refractivity contribution is 7.89. The quantitative estimate of drug-likeness (QED) is 0.886. The molecule has 20 heavy (non-hydrogen) atoms. The molecule has 1 aliphatic heterocycles. The first-order valence-corrected chi connectivity index (χ1v) is 8.70. The zero-order valence-corrected chi connectivity index (χ0v) is 13.4. The van der Waals surface area contributed by atoms with Crippen LogP contribution >= 0.6 is 11.6 Å². The normalized spacial score (nSPS) is 20.5. The number of nitrogens with zero attached hydrogens (tertiary/aromatic N) is 3. The second-order valence-corrected chi connectivity index (χ2v) is 7.25. The van der Waals surface area contributed by atoms with Crippen molar-refractivity contribution >= 4 is 21.6 Å². The van der Waals surface area contributed by atoms with Crippen molar-refractivity contribution in [3.05, 3.63) is 11.2 Å². The third kappa shape index (κ3) is 3.00. The van der Waals surface area contributed by atoms with Crippen molar-refractivity contribution < 1.29 is 8.42 Å². The molecule has 0 saturated carbocycles. The number of sulfonamides is 1. The lowest BCUT2D eigenvalue weighted by Crippen LogP contribution is -2.49. The van der Waals surface area contributed by atoms with Crippen LogP contribution in [0.3, 0.4) is 0 Å². The first-order chi connectivity index (χ1) is 9.48. The van der Waals surface area contributed by atoms with E-state index < -0.39 is 10.0 Å². The van der Waals surface area contributed by atoms with Gasteiger partial charge in [-0.1, -0.05) is 18.5 Å². The van der Waals surface area contributed by atoms with Crippen molar-refractivity contribution in [2.75, 3.05) is 19.6 Å². The van der Waals surface area contributed by atoms with Gasteiger partial charge in [0.2, 0.25) is 0 Å². The molecule has 1 fully saturated rings. The lowest BCUT2D eigenvalue weighted by molar-refractivity contribution is 0.264. The molecule has 1 atom stereocenters. The number of rotatable bonds is 5. The van der Waals surface area contributed by atoms with Crippen LogP contribution in [0.5, 0.6) is 0 Å². The number of hydrogen-bond donors (Lipinski definition) is 1. The average molecular weight is 321 g/mol. The summed E-state index contributed by atoms with van der Waals surface area (Å²) in [4.78, 5) is 0. The molecule has 6 nitrogen and oxygen atoms in total. The predicted octanol–water partition coefficient (Wildman–Crippen LogP) is 1.23. The Morgan fingerprint density at radius 3 is 2.85 bits per heavy atom. The highest BCUT2D eigenvalue weighted by atomic mass is 35.5. The Kier molecular flexibility index (Phi) is 5.06. The van der Waals surface area contributed by atoms with E-state index in [1.165, 1.54) is 10.9 Å². The third-order valence-corrected chi connectivity index (χ3v) is 5.98. The SMILES string of the molecule is CCCN(C1CCCNC1)S(=O)(=O)c1c(Cl)cnn1C. The molecule has 0 radical (unpaired) electrons. The summed E-state index contributed by atoms with van der Waals surface area (Å²) < 4.78 is 28.7. The van der Waals surface area contributed by atoms with E-state index in [-0.39, 0.29) is 16.1 Å². The van der Waals surface area contributed by atoms with Gasteiger partial charge in [-0.05, 0) is 25.8 Å². The minimum atomic E-state index is -3.62. The molecule has 8 heteroatoms. The minimum Gasteiger partial charge on any atom is -0.315 e. The maximum absolute atomic E-state index is 12.9. The van der Waals surface area contributed by atoms with Gasteiger partial charge in [0.25, 0.3) is 10.0 Å². The first-order valence-electron chi connectivity index (χ1n) is 6.88. The smallest absolute Gasteiger partial charge is 0.262 e. The number of aromatic nitrogens is 2. The van der Waals surface area contributed by atoms with Gasteiger partial charge in [-0.2, -0.15) is 9.40 Å². The van der Waals surface area contributed by atoms with E-state index in [0.717, 1.165) is 25.8 Å². The van der Waals surface area contributed by atoms with Crippen LogP contribution in [0.1, 0.15) is 26.2 Å². The van der Waals surface area contributed by atoms with E-state index in [0.29, 0.717) is 13.1 Å². The Morgan fingerprint density at radius 1 is 1.60 bits per heavy atom. The molecule has 1 aromatic rings. The van der Waals surface area contributed by atoms with Crippen LogP contribution in [0.25, 0.3) is 0 Å². The van der Waals surface area contributed by atoms with Gasteiger partial charge >= 0.3 is 0 Å². The van der Waals surface area contributed by atoms with Crippen LogP contribution in [-0.2, 0) is 17.1 Å². The Morgan fingerprint density at radius 2 is 2.35 bits per heavy atom. The van der Waals surface area contributed by atoms with Crippen molar-refractivity contribution in [1.29, 1.82) is 0 Å². The van der Waals surface area contributed by atoms with Crippen molar-refractivity contribution in [2.45, 2.75) is 37.3 Å². The van der Waals surface area contributed by atoms with Crippen LogP contribution in [0.4, 0.5) is 0 Å². The van der Waals surface area contributed by atoms with E-state index in [1.54, 1.807) is 11.4 Å². The topological polar surface area (TPSA) is 67.2 Å². The van der Waals surface area contributed by atoms with E-state index in [2.05, 4.69) is 10.4 Å². The minimum absolute atomic E-state index is 0.0142. The zero-order chi connectivity index (χ0) is 14.8. The van der Waals surface area contributed by atoms with E-state index in [4.69, 9.17) is 11.6 Å². The van der Waals surface area contributed by atoms with Gasteiger partial charge in [-0.3, -0.25) is 4.68 Å². The molecular weight excluding hydrogens is 300 g/mol. The van der Waals surface area contributed by atoms with Gasteiger partial charge in [0, 0.05) is 26.2 Å². The van der Waals surface area contributed by atoms with E-state index in [1.807, 2.05) is 6.92 Å². The summed E-state index contributed by atoms with van der Waals surface area (Å²) in [5.74, 6) is 0. The fourth-order valence-electron chi connectivity index (χ4n) is 2.60. The Bertz CT molecular complexity index is 532. The average Bonchev–Trinajstić information content (AvgIpc) is 2.77. The molecular formula is C12H21ClN4O2S. The monoisotopic (exact) mass is 320 g/mol. The summed E-state index contributed by atoms with van der Waals surface area (Å²) in [6, 6.07) is -0.0142. The largest absolute Gasteiger partial charge is 0.315 e. The summed E-state index contributed by atoms with van der Waals surface area (Å²) in [5, 5.41) is 7.45. The molecule has 0 spiro atoms. The van der Waals surface area contributed by atoms with Gasteiger partial charge in [0.15, 0.2) is 5.03 Å². The lowest BCUT2D eigenvalue weighted by atomic mass is 10.1. The fourth-order valence-corrected chi connectivity index (χ4v) is 4.96. The van der Waals surface area contributed by atoms with Crippen LogP contribution in [-0.4, -0.2) is 48.2 Å². The summed E-state index contributed by atoms with van der Waals surface area (Å²) in [6.07, 6.45) is 4.00. The van der Waals surface area contributed by atoms with Gasteiger partial charge < -0.3 is 5.32 Å². The summed E-state index contributed by atoms with van der Waals surface area (Å²) in [7, 11) is -2.02. The molecule has 0 aliphatic carbocycles. The third-order valence-electron chi connectivity index (χ3n) is 3.52. The summed E-state index contributed by atoms with van der Waals surface area (Å²) >= 11 is 6.01. The predicted molar refractivity (Wildman–Crippen MR) is 78.3 cm³/mol. The molecule has 2 rings (SSSR count). The lowest BCUT2D eigenvalue weighted by Gasteiger charge is -2.33. The number of hydrogen-bond acceptors (Lipinski definition) is 4. The number of nitrogens with one attached hydrogen (secondary N) is 1. The molecule has 114 valence electrons. The van der Waals surface area contributed by atoms with E-state index in [9.17, 15) is 8.42 Å². The molecule has 1 aromatic heterocycles. The number of halogens is 1. The van der Waals surface area contributed by atoms with Gasteiger partial charge in [-0.25, -0.2) is 8.42 Å². The number of aryl methyl sites for hydroxylation is 1. The first kappa shape index (κ1) is 15.8. The molecule has 1 saturated heterocycles. The van der Waals surface area contributed by atoms with Crippen molar-refractivity contribution in [3.8, 4) is 0 Å². The second kappa shape index (κ2) is 6.43. The van der Waals surface area contributed by atoms with Gasteiger partial charge in [0.05, 0.1) is 11.2 Å². The van der Waals surface area contributed by atoms with E-state index >= 15 is 0 Å². The molecule has 0 aromatic carbocycles. The Balaban J connectivity index is 2.36. The highest BCUT2D eigenvalue weighted by Gasteiger charge is 2.35. The summed E-state index contributed by atoms with van der Waals surface area (Å²) in [5.41, 5.74) is 0. The Hall–Kier alpha value is -0.630. The molecule has 1 N–H and O–H groups in total. The van der Waals surface area contributed by atoms with Crippen LogP contribution in [0.2, 0.25) is 5.02 Å². The maximum Gasteiger partial charge on any atom is 0.262 e. The van der Waals surface area contributed by atoms with Crippen molar-refractivity contribution in [3.63, 3.8) is 0 Å². The fraction of sp³-hybridized carbons (Fsp3) is 0.750. The van der Waals surface area contributed by atoms with Crippen LogP contribution in [0.15, 0.2) is 11.2 Å². The number of piperidine rings is 1.